The lowest BCUT2D eigenvalue weighted by molar-refractivity contribution is -0.152. The van der Waals surface area contributed by atoms with Gasteiger partial charge in [-0.3, -0.25) is 4.79 Å². The molecule has 4 heteroatoms. The van der Waals surface area contributed by atoms with E-state index in [9.17, 15) is 4.79 Å². The number of hydrogen-bond acceptors (Lipinski definition) is 3. The third-order valence-corrected chi connectivity index (χ3v) is 4.76. The van der Waals surface area contributed by atoms with E-state index in [0.717, 1.165) is 51.5 Å². The van der Waals surface area contributed by atoms with Crippen molar-refractivity contribution in [2.24, 2.45) is 11.1 Å². The first kappa shape index (κ1) is 18.4. The summed E-state index contributed by atoms with van der Waals surface area (Å²) in [5.41, 5.74) is 6.02. The number of carbonyl (C=O) groups excluding carboxylic acids is 1. The summed E-state index contributed by atoms with van der Waals surface area (Å²) >= 11 is 0. The van der Waals surface area contributed by atoms with Crippen LogP contribution in [0.2, 0.25) is 0 Å². The maximum Gasteiger partial charge on any atom is 0.248 e. The third kappa shape index (κ3) is 5.95. The largest absolute Gasteiger partial charge is 0.361 e. The molecule has 1 rings (SSSR count). The summed E-state index contributed by atoms with van der Waals surface area (Å²) in [6.45, 7) is 9.81. The minimum Gasteiger partial charge on any atom is -0.361 e. The van der Waals surface area contributed by atoms with Gasteiger partial charge in [-0.15, -0.1) is 0 Å². The van der Waals surface area contributed by atoms with E-state index in [1.54, 1.807) is 0 Å². The summed E-state index contributed by atoms with van der Waals surface area (Å²) in [6, 6.07) is 0. The second-order valence-corrected chi connectivity index (χ2v) is 7.31. The first-order valence-electron chi connectivity index (χ1n) is 8.50. The maximum atomic E-state index is 12.1. The van der Waals surface area contributed by atoms with Crippen LogP contribution in [0.15, 0.2) is 0 Å². The topological polar surface area (TPSA) is 64.3 Å². The van der Waals surface area contributed by atoms with E-state index in [4.69, 9.17) is 10.5 Å². The molecule has 1 amide bonds. The third-order valence-electron chi connectivity index (χ3n) is 4.76. The molecule has 0 heterocycles. The highest BCUT2D eigenvalue weighted by atomic mass is 16.5. The summed E-state index contributed by atoms with van der Waals surface area (Å²) in [5.74, 6) is -0.0104. The lowest BCUT2D eigenvalue weighted by atomic mass is 9.71. The van der Waals surface area contributed by atoms with Gasteiger partial charge in [0.2, 0.25) is 5.91 Å². The molecule has 0 aromatic heterocycles. The van der Waals surface area contributed by atoms with Crippen molar-refractivity contribution in [2.75, 3.05) is 13.1 Å². The molecule has 124 valence electrons. The van der Waals surface area contributed by atoms with Gasteiger partial charge in [0.25, 0.3) is 0 Å². The number of hydrogen-bond donors (Lipinski definition) is 2. The van der Waals surface area contributed by atoms with E-state index in [2.05, 4.69) is 26.1 Å². The fourth-order valence-electron chi connectivity index (χ4n) is 2.91. The fourth-order valence-corrected chi connectivity index (χ4v) is 2.91. The van der Waals surface area contributed by atoms with Crippen LogP contribution in [-0.4, -0.2) is 30.7 Å². The number of ether oxygens (including phenoxy) is 1. The van der Waals surface area contributed by atoms with Crippen LogP contribution in [0.4, 0.5) is 0 Å². The van der Waals surface area contributed by atoms with Gasteiger partial charge < -0.3 is 15.8 Å². The van der Waals surface area contributed by atoms with Gasteiger partial charge in [-0.05, 0) is 44.4 Å². The van der Waals surface area contributed by atoms with Gasteiger partial charge in [0, 0.05) is 13.1 Å². The molecule has 0 radical (unpaired) electrons. The van der Waals surface area contributed by atoms with Crippen LogP contribution in [0.1, 0.15) is 72.6 Å². The van der Waals surface area contributed by atoms with Crippen molar-refractivity contribution in [3.8, 4) is 0 Å². The molecule has 0 saturated heterocycles. The fraction of sp³-hybridized carbons (Fsp3) is 0.941. The Morgan fingerprint density at radius 2 is 1.86 bits per heavy atom. The average Bonchev–Trinajstić information content (AvgIpc) is 2.46. The summed E-state index contributed by atoms with van der Waals surface area (Å²) in [6.07, 6.45) is 7.03. The van der Waals surface area contributed by atoms with Gasteiger partial charge in [-0.25, -0.2) is 0 Å². The molecule has 0 aromatic rings. The number of carbonyl (C=O) groups is 1. The molecule has 3 N–H and O–H groups in total. The van der Waals surface area contributed by atoms with Crippen molar-refractivity contribution in [2.45, 2.75) is 84.3 Å². The standard InChI is InChI=1S/C17H34N2O2/c1-5-6-7-12-19-15(20)14(2)21-17(13-18)10-8-16(3,4)9-11-17/h14H,5-13,18H2,1-4H3,(H,19,20). The highest BCUT2D eigenvalue weighted by molar-refractivity contribution is 5.80. The molecule has 1 atom stereocenters. The van der Waals surface area contributed by atoms with E-state index in [1.807, 2.05) is 6.92 Å². The van der Waals surface area contributed by atoms with E-state index < -0.39 is 6.10 Å². The number of amides is 1. The van der Waals surface area contributed by atoms with Crippen LogP contribution in [0.3, 0.4) is 0 Å². The quantitative estimate of drug-likeness (QED) is 0.677. The van der Waals surface area contributed by atoms with Crippen molar-refractivity contribution in [1.82, 2.24) is 5.32 Å². The van der Waals surface area contributed by atoms with E-state index in [0.29, 0.717) is 12.0 Å². The zero-order chi connectivity index (χ0) is 15.9. The van der Waals surface area contributed by atoms with Crippen molar-refractivity contribution in [1.29, 1.82) is 0 Å². The molecule has 1 saturated carbocycles. The van der Waals surface area contributed by atoms with Gasteiger partial charge in [-0.2, -0.15) is 0 Å². The molecule has 1 fully saturated rings. The van der Waals surface area contributed by atoms with E-state index in [-0.39, 0.29) is 11.5 Å². The molecule has 21 heavy (non-hydrogen) atoms. The number of nitrogens with two attached hydrogens (primary N) is 1. The predicted molar refractivity (Wildman–Crippen MR) is 87.1 cm³/mol. The first-order valence-corrected chi connectivity index (χ1v) is 8.50. The predicted octanol–water partition coefficient (Wildman–Crippen LogP) is 3.00. The summed E-state index contributed by atoms with van der Waals surface area (Å²) in [4.78, 5) is 12.1. The van der Waals surface area contributed by atoms with Gasteiger partial charge >= 0.3 is 0 Å². The van der Waals surface area contributed by atoms with E-state index in [1.165, 1.54) is 0 Å². The van der Waals surface area contributed by atoms with Crippen LogP contribution in [0, 0.1) is 5.41 Å². The Labute approximate surface area is 130 Å². The summed E-state index contributed by atoms with van der Waals surface area (Å²) in [5, 5.41) is 2.96. The molecule has 1 aliphatic rings. The molecule has 1 unspecified atom stereocenters. The Morgan fingerprint density at radius 1 is 1.24 bits per heavy atom. The van der Waals surface area contributed by atoms with Gasteiger partial charge in [-0.1, -0.05) is 33.6 Å². The molecule has 1 aliphatic carbocycles. The Morgan fingerprint density at radius 3 is 2.38 bits per heavy atom. The van der Waals surface area contributed by atoms with Crippen LogP contribution < -0.4 is 11.1 Å². The smallest absolute Gasteiger partial charge is 0.248 e. The van der Waals surface area contributed by atoms with Gasteiger partial charge in [0.1, 0.15) is 6.10 Å². The summed E-state index contributed by atoms with van der Waals surface area (Å²) < 4.78 is 6.10. The Bertz CT molecular complexity index is 319. The monoisotopic (exact) mass is 298 g/mol. The lowest BCUT2D eigenvalue weighted by Crippen LogP contribution is -2.50. The number of rotatable bonds is 8. The zero-order valence-electron chi connectivity index (χ0n) is 14.3. The van der Waals surface area contributed by atoms with Crippen LogP contribution >= 0.6 is 0 Å². The Kier molecular flexibility index (Phi) is 7.14. The second kappa shape index (κ2) is 8.14. The van der Waals surface area contributed by atoms with Crippen molar-refractivity contribution < 1.29 is 9.53 Å². The molecule has 0 spiro atoms. The molecular formula is C17H34N2O2. The molecule has 0 aromatic carbocycles. The molecule has 4 nitrogen and oxygen atoms in total. The van der Waals surface area contributed by atoms with Gasteiger partial charge in [0.15, 0.2) is 0 Å². The van der Waals surface area contributed by atoms with Gasteiger partial charge in [0.05, 0.1) is 5.60 Å². The lowest BCUT2D eigenvalue weighted by Gasteiger charge is -2.43. The van der Waals surface area contributed by atoms with E-state index >= 15 is 0 Å². The first-order chi connectivity index (χ1) is 9.84. The average molecular weight is 298 g/mol. The SMILES string of the molecule is CCCCCNC(=O)C(C)OC1(CN)CCC(C)(C)CC1. The number of nitrogens with one attached hydrogen (secondary N) is 1. The zero-order valence-corrected chi connectivity index (χ0v) is 14.3. The minimum atomic E-state index is -0.420. The number of unbranched alkanes of at least 4 members (excludes halogenated alkanes) is 2. The Hall–Kier alpha value is -0.610. The minimum absolute atomic E-state index is 0.0104. The van der Waals surface area contributed by atoms with Crippen molar-refractivity contribution in [3.05, 3.63) is 0 Å². The van der Waals surface area contributed by atoms with Crippen LogP contribution in [-0.2, 0) is 9.53 Å². The van der Waals surface area contributed by atoms with Crippen LogP contribution in [0.5, 0.6) is 0 Å². The summed E-state index contributed by atoms with van der Waals surface area (Å²) in [7, 11) is 0. The van der Waals surface area contributed by atoms with Crippen molar-refractivity contribution >= 4 is 5.91 Å². The highest BCUT2D eigenvalue weighted by Gasteiger charge is 2.40. The highest BCUT2D eigenvalue weighted by Crippen LogP contribution is 2.42. The van der Waals surface area contributed by atoms with Crippen LogP contribution in [0.25, 0.3) is 0 Å². The molecule has 0 aliphatic heterocycles. The molecule has 0 bridgehead atoms. The normalized spacial score (nSPS) is 21.8. The maximum absolute atomic E-state index is 12.1. The second-order valence-electron chi connectivity index (χ2n) is 7.31. The Balaban J connectivity index is 2.43. The van der Waals surface area contributed by atoms with Crippen molar-refractivity contribution in [3.63, 3.8) is 0 Å². The molecular weight excluding hydrogens is 264 g/mol.